The summed E-state index contributed by atoms with van der Waals surface area (Å²) in [6.45, 7) is 10.5. The lowest BCUT2D eigenvalue weighted by molar-refractivity contribution is -0.117. The molecule has 0 radical (unpaired) electrons. The zero-order valence-electron chi connectivity index (χ0n) is 15.3. The molecule has 0 aliphatic rings. The molecule has 2 aromatic heterocycles. The fourth-order valence-electron chi connectivity index (χ4n) is 2.67. The van der Waals surface area contributed by atoms with Crippen molar-refractivity contribution in [3.05, 3.63) is 40.3 Å². The summed E-state index contributed by atoms with van der Waals surface area (Å²) in [6.07, 6.45) is 2.64. The Morgan fingerprint density at radius 3 is 2.76 bits per heavy atom. The van der Waals surface area contributed by atoms with Gasteiger partial charge in [-0.15, -0.1) is 0 Å². The minimum Gasteiger partial charge on any atom is -0.349 e. The molecule has 0 saturated carbocycles. The molecule has 0 saturated heterocycles. The zero-order valence-corrected chi connectivity index (χ0v) is 15.3. The second-order valence-electron chi connectivity index (χ2n) is 6.02. The van der Waals surface area contributed by atoms with E-state index in [0.29, 0.717) is 11.7 Å². The van der Waals surface area contributed by atoms with Gasteiger partial charge in [-0.25, -0.2) is 0 Å². The number of nitrogens with one attached hydrogen (secondary N) is 1. The van der Waals surface area contributed by atoms with Gasteiger partial charge in [-0.1, -0.05) is 12.1 Å². The third-order valence-corrected chi connectivity index (χ3v) is 3.99. The van der Waals surface area contributed by atoms with Crippen molar-refractivity contribution in [2.75, 3.05) is 0 Å². The Hall–Kier alpha value is -2.88. The van der Waals surface area contributed by atoms with Gasteiger partial charge in [0.2, 0.25) is 5.89 Å². The Kier molecular flexibility index (Phi) is 5.75. The average Bonchev–Trinajstić information content (AvgIpc) is 3.11. The van der Waals surface area contributed by atoms with Crippen LogP contribution < -0.4 is 5.32 Å². The van der Waals surface area contributed by atoms with Gasteiger partial charge in [0.1, 0.15) is 17.7 Å². The highest BCUT2D eigenvalue weighted by Crippen LogP contribution is 2.19. The van der Waals surface area contributed by atoms with E-state index in [2.05, 4.69) is 26.9 Å². The number of nitrogens with zero attached hydrogens (tertiary/aromatic N) is 4. The van der Waals surface area contributed by atoms with Crippen molar-refractivity contribution in [3.63, 3.8) is 0 Å². The Labute approximate surface area is 147 Å². The van der Waals surface area contributed by atoms with Crippen molar-refractivity contribution in [2.24, 2.45) is 0 Å². The predicted molar refractivity (Wildman–Crippen MR) is 93.4 cm³/mol. The number of carbonyl (C=O) groups excluding carboxylic acids is 1. The molecule has 7 heteroatoms. The van der Waals surface area contributed by atoms with Crippen LogP contribution in [0.3, 0.4) is 0 Å². The summed E-state index contributed by atoms with van der Waals surface area (Å²) in [5.74, 6) is 0.339. The van der Waals surface area contributed by atoms with Gasteiger partial charge in [-0.05, 0) is 51.8 Å². The first-order valence-electron chi connectivity index (χ1n) is 8.27. The standard InChI is InChI=1S/C18H23N5O2/c1-6-7-23-11(2)8-15(13(23)4)9-16(10-19)17(24)20-12(3)18-21-14(5)22-25-18/h8-9,12H,6-7H2,1-5H3,(H,20,24)/b16-9-/t12-/m0/s1. The highest BCUT2D eigenvalue weighted by Gasteiger charge is 2.19. The number of aryl methyl sites for hydroxylation is 2. The molecule has 0 aromatic carbocycles. The molecule has 132 valence electrons. The summed E-state index contributed by atoms with van der Waals surface area (Å²) >= 11 is 0. The van der Waals surface area contributed by atoms with Crippen LogP contribution in [0, 0.1) is 32.1 Å². The van der Waals surface area contributed by atoms with Crippen LogP contribution in [-0.2, 0) is 11.3 Å². The van der Waals surface area contributed by atoms with E-state index in [-0.39, 0.29) is 5.57 Å². The van der Waals surface area contributed by atoms with Gasteiger partial charge in [0.25, 0.3) is 5.91 Å². The molecule has 2 heterocycles. The molecule has 2 aromatic rings. The molecule has 0 fully saturated rings. The van der Waals surface area contributed by atoms with E-state index in [1.165, 1.54) is 0 Å². The highest BCUT2D eigenvalue weighted by molar-refractivity contribution is 6.01. The third-order valence-electron chi connectivity index (χ3n) is 3.99. The van der Waals surface area contributed by atoms with E-state index in [0.717, 1.165) is 29.9 Å². The van der Waals surface area contributed by atoms with E-state index in [1.807, 2.05) is 26.0 Å². The van der Waals surface area contributed by atoms with Gasteiger partial charge >= 0.3 is 0 Å². The maximum Gasteiger partial charge on any atom is 0.262 e. The minimum atomic E-state index is -0.474. The molecule has 0 aliphatic carbocycles. The monoisotopic (exact) mass is 341 g/mol. The number of carbonyl (C=O) groups is 1. The first-order chi connectivity index (χ1) is 11.9. The van der Waals surface area contributed by atoms with Crippen molar-refractivity contribution in [1.29, 1.82) is 5.26 Å². The number of hydrogen-bond donors (Lipinski definition) is 1. The van der Waals surface area contributed by atoms with E-state index >= 15 is 0 Å². The van der Waals surface area contributed by atoms with E-state index < -0.39 is 11.9 Å². The van der Waals surface area contributed by atoms with Crippen LogP contribution in [0.1, 0.15) is 55.0 Å². The molecular formula is C18H23N5O2. The summed E-state index contributed by atoms with van der Waals surface area (Å²) in [5.41, 5.74) is 3.07. The van der Waals surface area contributed by atoms with Gasteiger partial charge < -0.3 is 14.4 Å². The number of aromatic nitrogens is 3. The van der Waals surface area contributed by atoms with Crippen molar-refractivity contribution >= 4 is 12.0 Å². The zero-order chi connectivity index (χ0) is 18.6. The fourth-order valence-corrected chi connectivity index (χ4v) is 2.67. The van der Waals surface area contributed by atoms with Crippen LogP contribution in [-0.4, -0.2) is 20.6 Å². The van der Waals surface area contributed by atoms with E-state index in [9.17, 15) is 10.1 Å². The van der Waals surface area contributed by atoms with Gasteiger partial charge in [0, 0.05) is 17.9 Å². The predicted octanol–water partition coefficient (Wildman–Crippen LogP) is 2.99. The second-order valence-corrected chi connectivity index (χ2v) is 6.02. The summed E-state index contributed by atoms with van der Waals surface area (Å²) in [6, 6.07) is 3.49. The average molecular weight is 341 g/mol. The minimum absolute atomic E-state index is 0.0415. The molecule has 1 amide bonds. The summed E-state index contributed by atoms with van der Waals surface area (Å²) in [7, 11) is 0. The number of nitriles is 1. The van der Waals surface area contributed by atoms with Gasteiger partial charge in [-0.3, -0.25) is 4.79 Å². The smallest absolute Gasteiger partial charge is 0.262 e. The second kappa shape index (κ2) is 7.79. The van der Waals surface area contributed by atoms with Crippen LogP contribution >= 0.6 is 0 Å². The molecule has 0 unspecified atom stereocenters. The third kappa shape index (κ3) is 4.15. The van der Waals surface area contributed by atoms with Gasteiger partial charge in [0.15, 0.2) is 5.82 Å². The SMILES string of the molecule is CCCn1c(C)cc(/C=C(/C#N)C(=O)N[C@@H](C)c2nc(C)no2)c1C. The number of hydrogen-bond acceptors (Lipinski definition) is 5. The lowest BCUT2D eigenvalue weighted by Gasteiger charge is -2.09. The van der Waals surface area contributed by atoms with Crippen LogP contribution in [0.5, 0.6) is 0 Å². The van der Waals surface area contributed by atoms with Crippen molar-refractivity contribution < 1.29 is 9.32 Å². The molecular weight excluding hydrogens is 318 g/mol. The summed E-state index contributed by atoms with van der Waals surface area (Å²) in [5, 5.41) is 15.8. The van der Waals surface area contributed by atoms with E-state index in [4.69, 9.17) is 4.52 Å². The molecule has 1 N–H and O–H groups in total. The molecule has 25 heavy (non-hydrogen) atoms. The van der Waals surface area contributed by atoms with Gasteiger partial charge in [0.05, 0.1) is 0 Å². The first kappa shape index (κ1) is 18.5. The molecule has 0 spiro atoms. The Morgan fingerprint density at radius 2 is 2.20 bits per heavy atom. The maximum absolute atomic E-state index is 12.4. The first-order valence-corrected chi connectivity index (χ1v) is 8.27. The topological polar surface area (TPSA) is 96.7 Å². The highest BCUT2D eigenvalue weighted by atomic mass is 16.5. The van der Waals surface area contributed by atoms with Gasteiger partial charge in [-0.2, -0.15) is 10.2 Å². The van der Waals surface area contributed by atoms with Crippen LogP contribution in [0.25, 0.3) is 6.08 Å². The summed E-state index contributed by atoms with van der Waals surface area (Å²) < 4.78 is 7.23. The van der Waals surface area contributed by atoms with Crippen molar-refractivity contribution in [2.45, 2.75) is 53.6 Å². The van der Waals surface area contributed by atoms with Crippen LogP contribution in [0.2, 0.25) is 0 Å². The molecule has 2 rings (SSSR count). The largest absolute Gasteiger partial charge is 0.349 e. The Bertz CT molecular complexity index is 838. The quantitative estimate of drug-likeness (QED) is 0.643. The fraction of sp³-hybridized carbons (Fsp3) is 0.444. The Morgan fingerprint density at radius 1 is 1.48 bits per heavy atom. The maximum atomic E-state index is 12.4. The normalized spacial score (nSPS) is 12.7. The van der Waals surface area contributed by atoms with Crippen LogP contribution in [0.15, 0.2) is 16.2 Å². The van der Waals surface area contributed by atoms with Crippen molar-refractivity contribution in [3.8, 4) is 6.07 Å². The lowest BCUT2D eigenvalue weighted by Crippen LogP contribution is -2.27. The summed E-state index contributed by atoms with van der Waals surface area (Å²) in [4.78, 5) is 16.5. The number of rotatable bonds is 6. The number of amides is 1. The molecule has 7 nitrogen and oxygen atoms in total. The molecule has 0 bridgehead atoms. The molecule has 0 aliphatic heterocycles. The van der Waals surface area contributed by atoms with Crippen molar-refractivity contribution in [1.82, 2.24) is 20.0 Å². The lowest BCUT2D eigenvalue weighted by atomic mass is 10.1. The molecule has 1 atom stereocenters. The Balaban J connectivity index is 2.21. The van der Waals surface area contributed by atoms with E-state index in [1.54, 1.807) is 19.9 Å². The van der Waals surface area contributed by atoms with Crippen LogP contribution in [0.4, 0.5) is 0 Å².